The van der Waals surface area contributed by atoms with E-state index in [0.29, 0.717) is 16.7 Å². The van der Waals surface area contributed by atoms with Gasteiger partial charge in [-0.2, -0.15) is 0 Å². The van der Waals surface area contributed by atoms with E-state index >= 15 is 0 Å². The van der Waals surface area contributed by atoms with Crippen LogP contribution in [-0.4, -0.2) is 39.5 Å². The normalized spacial score (nSPS) is 25.4. The molecule has 0 spiro atoms. The minimum atomic E-state index is 0.0576. The van der Waals surface area contributed by atoms with Crippen molar-refractivity contribution in [2.24, 2.45) is 5.41 Å². The van der Waals surface area contributed by atoms with Gasteiger partial charge in [-0.15, -0.1) is 0 Å². The monoisotopic (exact) mass is 331 g/mol. The second-order valence-corrected chi connectivity index (χ2v) is 6.47. The fraction of sp³-hybridized carbons (Fsp3) is 0.625. The van der Waals surface area contributed by atoms with E-state index in [1.165, 1.54) is 0 Å². The van der Waals surface area contributed by atoms with Crippen LogP contribution in [0.25, 0.3) is 0 Å². The summed E-state index contributed by atoms with van der Waals surface area (Å²) in [4.78, 5) is 0. The zero-order chi connectivity index (χ0) is 15.3. The van der Waals surface area contributed by atoms with Gasteiger partial charge < -0.3 is 14.8 Å². The Morgan fingerprint density at radius 2 is 2.24 bits per heavy atom. The Kier molecular flexibility index (Phi) is 6.33. The minimum absolute atomic E-state index is 0.0576. The first-order chi connectivity index (χ1) is 10.1. The molecule has 1 saturated heterocycles. The Hall–Kier alpha value is -0.320. The standard InChI is InChI=1S/C16H23Cl2NO2/c1-12-16(6-8-21-12,11-19-7-9-20-2)10-13-4-3-5-14(17)15(13)18/h3-5,12,19H,6-11H2,1-2H3. The molecule has 0 radical (unpaired) electrons. The van der Waals surface area contributed by atoms with Crippen LogP contribution in [0.5, 0.6) is 0 Å². The molecule has 5 heteroatoms. The summed E-state index contributed by atoms with van der Waals surface area (Å²) in [6.07, 6.45) is 2.09. The van der Waals surface area contributed by atoms with E-state index in [0.717, 1.165) is 38.1 Å². The van der Waals surface area contributed by atoms with Gasteiger partial charge in [0.2, 0.25) is 0 Å². The molecule has 0 bridgehead atoms. The molecule has 1 aromatic rings. The molecular weight excluding hydrogens is 309 g/mol. The second-order valence-electron chi connectivity index (χ2n) is 5.68. The topological polar surface area (TPSA) is 30.5 Å². The Bertz CT molecular complexity index is 470. The van der Waals surface area contributed by atoms with Crippen molar-refractivity contribution in [3.05, 3.63) is 33.8 Å². The van der Waals surface area contributed by atoms with Crippen LogP contribution in [0.3, 0.4) is 0 Å². The zero-order valence-electron chi connectivity index (χ0n) is 12.6. The highest BCUT2D eigenvalue weighted by Crippen LogP contribution is 2.40. The molecule has 1 aliphatic heterocycles. The molecule has 1 N–H and O–H groups in total. The summed E-state index contributed by atoms with van der Waals surface area (Å²) in [7, 11) is 1.71. The Labute approximate surface area is 136 Å². The van der Waals surface area contributed by atoms with Crippen LogP contribution in [0.4, 0.5) is 0 Å². The average Bonchev–Trinajstić information content (AvgIpc) is 2.82. The van der Waals surface area contributed by atoms with Crippen molar-refractivity contribution in [1.29, 1.82) is 0 Å². The smallest absolute Gasteiger partial charge is 0.0624 e. The molecule has 21 heavy (non-hydrogen) atoms. The largest absolute Gasteiger partial charge is 0.383 e. The highest BCUT2D eigenvalue weighted by molar-refractivity contribution is 6.42. The summed E-state index contributed by atoms with van der Waals surface area (Å²) in [6.45, 7) is 5.38. The van der Waals surface area contributed by atoms with Gasteiger partial charge in [0.15, 0.2) is 0 Å². The molecule has 1 aromatic carbocycles. The van der Waals surface area contributed by atoms with Crippen LogP contribution in [-0.2, 0) is 15.9 Å². The highest BCUT2D eigenvalue weighted by Gasteiger charge is 2.41. The van der Waals surface area contributed by atoms with Crippen LogP contribution in [0.15, 0.2) is 18.2 Å². The van der Waals surface area contributed by atoms with Gasteiger partial charge in [0.05, 0.1) is 22.8 Å². The number of methoxy groups -OCH3 is 1. The summed E-state index contributed by atoms with van der Waals surface area (Å²) in [5, 5.41) is 4.75. The second kappa shape index (κ2) is 7.80. The lowest BCUT2D eigenvalue weighted by molar-refractivity contribution is 0.0620. The van der Waals surface area contributed by atoms with Gasteiger partial charge in [-0.1, -0.05) is 35.3 Å². The van der Waals surface area contributed by atoms with Crippen LogP contribution >= 0.6 is 23.2 Å². The first-order valence-corrected chi connectivity index (χ1v) is 8.09. The molecular formula is C16H23Cl2NO2. The van der Waals surface area contributed by atoms with Crippen molar-refractivity contribution >= 4 is 23.2 Å². The van der Waals surface area contributed by atoms with Crippen LogP contribution < -0.4 is 5.32 Å². The van der Waals surface area contributed by atoms with Crippen molar-refractivity contribution in [3.8, 4) is 0 Å². The number of hydrogen-bond acceptors (Lipinski definition) is 3. The molecule has 2 rings (SSSR count). The Balaban J connectivity index is 2.11. The molecule has 0 aliphatic carbocycles. The molecule has 1 heterocycles. The lowest BCUT2D eigenvalue weighted by Crippen LogP contribution is -2.42. The maximum atomic E-state index is 6.35. The number of nitrogens with one attached hydrogen (secondary N) is 1. The third-order valence-corrected chi connectivity index (χ3v) is 5.22. The molecule has 1 aliphatic rings. The average molecular weight is 332 g/mol. The first kappa shape index (κ1) is 17.0. The first-order valence-electron chi connectivity index (χ1n) is 7.33. The number of benzene rings is 1. The fourth-order valence-electron chi connectivity index (χ4n) is 2.92. The van der Waals surface area contributed by atoms with Gasteiger partial charge in [-0.25, -0.2) is 0 Å². The third-order valence-electron chi connectivity index (χ3n) is 4.36. The molecule has 3 nitrogen and oxygen atoms in total. The van der Waals surface area contributed by atoms with E-state index in [4.69, 9.17) is 32.7 Å². The summed E-state index contributed by atoms with van der Waals surface area (Å²) < 4.78 is 10.9. The van der Waals surface area contributed by atoms with Gasteiger partial charge in [-0.3, -0.25) is 0 Å². The van der Waals surface area contributed by atoms with E-state index < -0.39 is 0 Å². The fourth-order valence-corrected chi connectivity index (χ4v) is 3.31. The predicted molar refractivity (Wildman–Crippen MR) is 87.4 cm³/mol. The lowest BCUT2D eigenvalue weighted by Gasteiger charge is -2.33. The van der Waals surface area contributed by atoms with E-state index in [2.05, 4.69) is 18.3 Å². The van der Waals surface area contributed by atoms with E-state index in [-0.39, 0.29) is 11.5 Å². The molecule has 1 fully saturated rings. The SMILES string of the molecule is COCCNCC1(Cc2cccc(Cl)c2Cl)CCOC1C. The van der Waals surface area contributed by atoms with Crippen molar-refractivity contribution < 1.29 is 9.47 Å². The van der Waals surface area contributed by atoms with Gasteiger partial charge in [0.1, 0.15) is 0 Å². The Morgan fingerprint density at radius 3 is 2.90 bits per heavy atom. The van der Waals surface area contributed by atoms with Gasteiger partial charge in [0, 0.05) is 32.2 Å². The van der Waals surface area contributed by atoms with Crippen molar-refractivity contribution in [2.75, 3.05) is 33.4 Å². The molecule has 2 unspecified atom stereocenters. The van der Waals surface area contributed by atoms with Crippen molar-refractivity contribution in [2.45, 2.75) is 25.9 Å². The molecule has 2 atom stereocenters. The van der Waals surface area contributed by atoms with Crippen molar-refractivity contribution in [3.63, 3.8) is 0 Å². The minimum Gasteiger partial charge on any atom is -0.383 e. The number of hydrogen-bond donors (Lipinski definition) is 1. The van der Waals surface area contributed by atoms with E-state index in [1.54, 1.807) is 7.11 Å². The van der Waals surface area contributed by atoms with Gasteiger partial charge in [0.25, 0.3) is 0 Å². The molecule has 0 aromatic heterocycles. The van der Waals surface area contributed by atoms with E-state index in [1.807, 2.05) is 12.1 Å². The summed E-state index contributed by atoms with van der Waals surface area (Å²) >= 11 is 12.5. The molecule has 0 amide bonds. The van der Waals surface area contributed by atoms with Gasteiger partial charge >= 0.3 is 0 Å². The maximum Gasteiger partial charge on any atom is 0.0624 e. The maximum absolute atomic E-state index is 6.35. The number of halogens is 2. The highest BCUT2D eigenvalue weighted by atomic mass is 35.5. The summed E-state index contributed by atoms with van der Waals surface area (Å²) in [5.41, 5.74) is 1.15. The summed E-state index contributed by atoms with van der Waals surface area (Å²) in [5.74, 6) is 0. The van der Waals surface area contributed by atoms with Crippen LogP contribution in [0.1, 0.15) is 18.9 Å². The van der Waals surface area contributed by atoms with Crippen LogP contribution in [0.2, 0.25) is 10.0 Å². The van der Waals surface area contributed by atoms with Crippen molar-refractivity contribution in [1.82, 2.24) is 5.32 Å². The predicted octanol–water partition coefficient (Wildman–Crippen LogP) is 3.57. The quantitative estimate of drug-likeness (QED) is 0.775. The molecule has 118 valence electrons. The number of rotatable bonds is 7. The van der Waals surface area contributed by atoms with Crippen LogP contribution in [0, 0.1) is 5.41 Å². The van der Waals surface area contributed by atoms with E-state index in [9.17, 15) is 0 Å². The molecule has 0 saturated carbocycles. The Morgan fingerprint density at radius 1 is 1.43 bits per heavy atom. The van der Waals surface area contributed by atoms with Gasteiger partial charge in [-0.05, 0) is 31.4 Å². The summed E-state index contributed by atoms with van der Waals surface area (Å²) in [6, 6.07) is 5.83. The number of ether oxygens (including phenoxy) is 2. The zero-order valence-corrected chi connectivity index (χ0v) is 14.1. The third kappa shape index (κ3) is 4.11. The lowest BCUT2D eigenvalue weighted by atomic mass is 9.76.